The largest absolute Gasteiger partial charge is 0.463 e. The van der Waals surface area contributed by atoms with Gasteiger partial charge in [-0.15, -0.1) is 0 Å². The first-order valence-corrected chi connectivity index (χ1v) is 10.4. The second kappa shape index (κ2) is 7.76. The number of rotatable bonds is 5. The normalized spacial score (nSPS) is 12.2. The van der Waals surface area contributed by atoms with E-state index in [9.17, 15) is 26.4 Å². The Morgan fingerprint density at radius 2 is 1.84 bits per heavy atom. The van der Waals surface area contributed by atoms with Gasteiger partial charge in [-0.1, -0.05) is 0 Å². The lowest BCUT2D eigenvalue weighted by atomic mass is 10.2. The minimum absolute atomic E-state index is 0.0183. The van der Waals surface area contributed by atoms with Crippen LogP contribution < -0.4 is 10.0 Å². The average Bonchev–Trinajstić information content (AvgIpc) is 3.42. The third kappa shape index (κ3) is 4.07. The van der Waals surface area contributed by atoms with Crippen molar-refractivity contribution in [1.82, 2.24) is 19.3 Å². The van der Waals surface area contributed by atoms with Crippen molar-refractivity contribution in [3.8, 4) is 11.5 Å². The van der Waals surface area contributed by atoms with Crippen LogP contribution in [0.4, 0.5) is 18.9 Å². The zero-order valence-corrected chi connectivity index (χ0v) is 17.0. The van der Waals surface area contributed by atoms with E-state index in [0.29, 0.717) is 4.52 Å². The number of nitrogens with one attached hydrogen (secondary N) is 2. The molecule has 0 saturated carbocycles. The molecule has 0 aliphatic heterocycles. The van der Waals surface area contributed by atoms with Gasteiger partial charge in [-0.2, -0.15) is 18.3 Å². The van der Waals surface area contributed by atoms with Crippen LogP contribution in [-0.4, -0.2) is 36.0 Å². The zero-order chi connectivity index (χ0) is 23.1. The van der Waals surface area contributed by atoms with Gasteiger partial charge < -0.3 is 9.73 Å². The maximum Gasteiger partial charge on any atom is 0.433 e. The average molecular weight is 465 g/mol. The lowest BCUT2D eigenvalue weighted by molar-refractivity contribution is -0.142. The molecular weight excluding hydrogens is 451 g/mol. The Balaban J connectivity index is 1.68. The molecule has 166 valence electrons. The van der Waals surface area contributed by atoms with Crippen molar-refractivity contribution in [3.63, 3.8) is 0 Å². The van der Waals surface area contributed by atoms with Gasteiger partial charge >= 0.3 is 6.18 Å². The van der Waals surface area contributed by atoms with Crippen molar-refractivity contribution < 1.29 is 30.8 Å². The standard InChI is InChI=1S/C19H14F3N5O4S/c1-23-32(29,30)12-6-4-11(5-7-12)24-18(28)14-10-17-25-13(15-3-2-8-31-15)9-16(19(20,21)22)27(17)26-14/h2-10,23H,1H3,(H,24,28). The van der Waals surface area contributed by atoms with Gasteiger partial charge in [0, 0.05) is 11.8 Å². The number of furan rings is 1. The van der Waals surface area contributed by atoms with Crippen molar-refractivity contribution in [2.24, 2.45) is 0 Å². The number of carbonyl (C=O) groups excluding carboxylic acids is 1. The van der Waals surface area contributed by atoms with Crippen LogP contribution in [0.3, 0.4) is 0 Å². The van der Waals surface area contributed by atoms with E-state index in [0.717, 1.165) is 12.1 Å². The highest BCUT2D eigenvalue weighted by molar-refractivity contribution is 7.89. The van der Waals surface area contributed by atoms with Gasteiger partial charge in [-0.3, -0.25) is 4.79 Å². The third-order valence-corrected chi connectivity index (χ3v) is 5.85. The SMILES string of the molecule is CNS(=O)(=O)c1ccc(NC(=O)c2cc3nc(-c4ccco4)cc(C(F)(F)F)n3n2)cc1. The Hall–Kier alpha value is -3.71. The minimum atomic E-state index is -4.77. The van der Waals surface area contributed by atoms with E-state index in [1.165, 1.54) is 49.7 Å². The highest BCUT2D eigenvalue weighted by Gasteiger charge is 2.36. The molecule has 0 bridgehead atoms. The van der Waals surface area contributed by atoms with Crippen LogP contribution in [0, 0.1) is 0 Å². The molecule has 0 aliphatic carbocycles. The summed E-state index contributed by atoms with van der Waals surface area (Å²) in [5.74, 6) is -0.672. The Morgan fingerprint density at radius 3 is 2.44 bits per heavy atom. The quantitative estimate of drug-likeness (QED) is 0.467. The van der Waals surface area contributed by atoms with E-state index in [2.05, 4.69) is 20.1 Å². The molecule has 0 spiro atoms. The van der Waals surface area contributed by atoms with Gasteiger partial charge in [0.25, 0.3) is 5.91 Å². The molecule has 0 aliphatic rings. The van der Waals surface area contributed by atoms with E-state index in [1.54, 1.807) is 0 Å². The first kappa shape index (κ1) is 21.5. The van der Waals surface area contributed by atoms with Crippen molar-refractivity contribution in [2.75, 3.05) is 12.4 Å². The number of amides is 1. The Kier molecular flexibility index (Phi) is 5.22. The lowest BCUT2D eigenvalue weighted by Crippen LogP contribution is -2.18. The fourth-order valence-electron chi connectivity index (χ4n) is 2.87. The predicted molar refractivity (Wildman–Crippen MR) is 106 cm³/mol. The number of anilines is 1. The van der Waals surface area contributed by atoms with E-state index < -0.39 is 27.8 Å². The molecule has 32 heavy (non-hydrogen) atoms. The van der Waals surface area contributed by atoms with Gasteiger partial charge in [0.2, 0.25) is 10.0 Å². The number of hydrogen-bond acceptors (Lipinski definition) is 6. The summed E-state index contributed by atoms with van der Waals surface area (Å²) in [5.41, 5.74) is -1.49. The zero-order valence-electron chi connectivity index (χ0n) is 16.2. The molecule has 0 radical (unpaired) electrons. The third-order valence-electron chi connectivity index (χ3n) is 4.42. The van der Waals surface area contributed by atoms with Crippen molar-refractivity contribution in [1.29, 1.82) is 0 Å². The topological polar surface area (TPSA) is 119 Å². The van der Waals surface area contributed by atoms with Crippen LogP contribution in [0.2, 0.25) is 0 Å². The monoisotopic (exact) mass is 465 g/mol. The molecule has 13 heteroatoms. The molecule has 0 unspecified atom stereocenters. The lowest BCUT2D eigenvalue weighted by Gasteiger charge is -2.09. The maximum atomic E-state index is 13.6. The number of carbonyl (C=O) groups is 1. The number of benzene rings is 1. The van der Waals surface area contributed by atoms with E-state index in [4.69, 9.17) is 4.42 Å². The van der Waals surface area contributed by atoms with E-state index in [-0.39, 0.29) is 33.4 Å². The molecule has 0 fully saturated rings. The highest BCUT2D eigenvalue weighted by atomic mass is 32.2. The Labute approximate surface area is 178 Å². The van der Waals surface area contributed by atoms with Crippen LogP contribution in [0.25, 0.3) is 17.1 Å². The number of aromatic nitrogens is 3. The summed E-state index contributed by atoms with van der Waals surface area (Å²) in [6.45, 7) is 0. The van der Waals surface area contributed by atoms with Crippen molar-refractivity contribution >= 4 is 27.3 Å². The van der Waals surface area contributed by atoms with Crippen molar-refractivity contribution in [2.45, 2.75) is 11.1 Å². The maximum absolute atomic E-state index is 13.6. The van der Waals surface area contributed by atoms with E-state index >= 15 is 0 Å². The first-order valence-electron chi connectivity index (χ1n) is 8.95. The molecule has 4 aromatic rings. The Morgan fingerprint density at radius 1 is 1.12 bits per heavy atom. The molecule has 1 aromatic carbocycles. The fourth-order valence-corrected chi connectivity index (χ4v) is 3.60. The summed E-state index contributed by atoms with van der Waals surface area (Å²) in [7, 11) is -2.40. The van der Waals surface area contributed by atoms with Crippen LogP contribution >= 0.6 is 0 Å². The van der Waals surface area contributed by atoms with Gasteiger partial charge in [-0.05, 0) is 49.5 Å². The first-order chi connectivity index (χ1) is 15.1. The summed E-state index contributed by atoms with van der Waals surface area (Å²) in [6, 6.07) is 10.1. The summed E-state index contributed by atoms with van der Waals surface area (Å²) in [6.07, 6.45) is -3.46. The fraction of sp³-hybridized carbons (Fsp3) is 0.105. The number of alkyl halides is 3. The van der Waals surface area contributed by atoms with Crippen molar-refractivity contribution in [3.05, 3.63) is 66.2 Å². The van der Waals surface area contributed by atoms with Gasteiger partial charge in [0.05, 0.1) is 11.2 Å². The van der Waals surface area contributed by atoms with Gasteiger partial charge in [-0.25, -0.2) is 22.6 Å². The molecular formula is C19H14F3N5O4S. The number of halogens is 3. The summed E-state index contributed by atoms with van der Waals surface area (Å²) in [5, 5.41) is 6.21. The molecule has 4 rings (SSSR count). The highest BCUT2D eigenvalue weighted by Crippen LogP contribution is 2.32. The van der Waals surface area contributed by atoms with Gasteiger partial charge in [0.15, 0.2) is 22.8 Å². The molecule has 9 nitrogen and oxygen atoms in total. The molecule has 0 atom stereocenters. The van der Waals surface area contributed by atoms with Crippen LogP contribution in [-0.2, 0) is 16.2 Å². The summed E-state index contributed by atoms with van der Waals surface area (Å²) < 4.78 is 72.1. The number of hydrogen-bond donors (Lipinski definition) is 2. The number of sulfonamides is 1. The second-order valence-corrected chi connectivity index (χ2v) is 8.37. The van der Waals surface area contributed by atoms with Crippen LogP contribution in [0.1, 0.15) is 16.2 Å². The van der Waals surface area contributed by atoms with E-state index in [1.807, 2.05) is 0 Å². The Bertz CT molecular complexity index is 1400. The van der Waals surface area contributed by atoms with Crippen LogP contribution in [0.5, 0.6) is 0 Å². The molecule has 3 heterocycles. The molecule has 1 amide bonds. The number of nitrogens with zero attached hydrogens (tertiary/aromatic N) is 3. The number of fused-ring (bicyclic) bond motifs is 1. The van der Waals surface area contributed by atoms with Crippen LogP contribution in [0.15, 0.2) is 64.1 Å². The molecule has 0 saturated heterocycles. The summed E-state index contributed by atoms with van der Waals surface area (Å²) >= 11 is 0. The second-order valence-electron chi connectivity index (χ2n) is 6.49. The molecule has 2 N–H and O–H groups in total. The van der Waals surface area contributed by atoms with Gasteiger partial charge in [0.1, 0.15) is 5.69 Å². The minimum Gasteiger partial charge on any atom is -0.463 e. The summed E-state index contributed by atoms with van der Waals surface area (Å²) in [4.78, 5) is 16.6. The smallest absolute Gasteiger partial charge is 0.433 e. The predicted octanol–water partition coefficient (Wildman–Crippen LogP) is 3.17. The molecule has 3 aromatic heterocycles.